The monoisotopic (exact) mass is 322 g/mol. The molecule has 4 heteroatoms. The number of rotatable bonds is 5. The molecule has 3 rings (SSSR count). The molecule has 0 bridgehead atoms. The Morgan fingerprint density at radius 3 is 2.50 bits per heavy atom. The zero-order valence-electron chi connectivity index (χ0n) is 13.9. The van der Waals surface area contributed by atoms with Gasteiger partial charge in [0.1, 0.15) is 0 Å². The molecule has 0 saturated carbocycles. The Morgan fingerprint density at radius 1 is 1.08 bits per heavy atom. The second-order valence-corrected chi connectivity index (χ2v) is 6.36. The summed E-state index contributed by atoms with van der Waals surface area (Å²) in [5.41, 5.74) is 3.36. The molecular weight excluding hydrogens is 300 g/mol. The Labute approximate surface area is 142 Å². The van der Waals surface area contributed by atoms with Crippen molar-refractivity contribution in [2.24, 2.45) is 5.92 Å². The third kappa shape index (κ3) is 4.02. The van der Waals surface area contributed by atoms with E-state index in [0.717, 1.165) is 11.1 Å². The summed E-state index contributed by atoms with van der Waals surface area (Å²) < 4.78 is 0. The molecule has 1 saturated heterocycles. The Bertz CT molecular complexity index is 710. The topological polar surface area (TPSA) is 49.4 Å². The SMILES string of the molecule is Cc1ccc(CN2C[C@H](C(=O)NCc3ccccc3)CC2=O)cc1. The Kier molecular flexibility index (Phi) is 4.94. The van der Waals surface area contributed by atoms with Crippen LogP contribution in [0.1, 0.15) is 23.1 Å². The van der Waals surface area contributed by atoms with E-state index in [0.29, 0.717) is 26.1 Å². The summed E-state index contributed by atoms with van der Waals surface area (Å²) in [6.07, 6.45) is 0.298. The normalized spacial score (nSPS) is 17.1. The van der Waals surface area contributed by atoms with Gasteiger partial charge in [0.05, 0.1) is 5.92 Å². The van der Waals surface area contributed by atoms with Crippen molar-refractivity contribution in [1.82, 2.24) is 10.2 Å². The standard InChI is InChI=1S/C20H22N2O2/c1-15-7-9-17(10-8-15)13-22-14-18(11-19(22)23)20(24)21-12-16-5-3-2-4-6-16/h2-10,18H,11-14H2,1H3,(H,21,24)/t18-/m1/s1. The van der Waals surface area contributed by atoms with Gasteiger partial charge >= 0.3 is 0 Å². The Balaban J connectivity index is 1.53. The van der Waals surface area contributed by atoms with E-state index in [2.05, 4.69) is 5.32 Å². The van der Waals surface area contributed by atoms with Crippen LogP contribution in [0.4, 0.5) is 0 Å². The zero-order valence-corrected chi connectivity index (χ0v) is 13.9. The van der Waals surface area contributed by atoms with Crippen LogP contribution in [0.5, 0.6) is 0 Å². The van der Waals surface area contributed by atoms with Gasteiger partial charge in [-0.15, -0.1) is 0 Å². The number of carbonyl (C=O) groups is 2. The summed E-state index contributed by atoms with van der Waals surface area (Å²) in [6, 6.07) is 17.9. The first-order chi connectivity index (χ1) is 11.6. The molecule has 2 aromatic carbocycles. The van der Waals surface area contributed by atoms with E-state index in [1.807, 2.05) is 61.5 Å². The van der Waals surface area contributed by atoms with Gasteiger partial charge in [-0.25, -0.2) is 0 Å². The van der Waals surface area contributed by atoms with Crippen LogP contribution in [0.3, 0.4) is 0 Å². The van der Waals surface area contributed by atoms with Crippen molar-refractivity contribution < 1.29 is 9.59 Å². The lowest BCUT2D eigenvalue weighted by Crippen LogP contribution is -2.32. The lowest BCUT2D eigenvalue weighted by molar-refractivity contribution is -0.129. The number of aryl methyl sites for hydroxylation is 1. The van der Waals surface area contributed by atoms with Crippen LogP contribution in [0, 0.1) is 12.8 Å². The highest BCUT2D eigenvalue weighted by molar-refractivity contribution is 5.89. The van der Waals surface area contributed by atoms with Crippen LogP contribution < -0.4 is 5.32 Å². The number of nitrogens with zero attached hydrogens (tertiary/aromatic N) is 1. The maximum atomic E-state index is 12.3. The van der Waals surface area contributed by atoms with Crippen LogP contribution in [0.15, 0.2) is 54.6 Å². The van der Waals surface area contributed by atoms with Crippen molar-refractivity contribution in [1.29, 1.82) is 0 Å². The first-order valence-electron chi connectivity index (χ1n) is 8.27. The van der Waals surface area contributed by atoms with Gasteiger partial charge in [0.2, 0.25) is 11.8 Å². The molecule has 1 aliphatic rings. The van der Waals surface area contributed by atoms with E-state index in [1.54, 1.807) is 4.90 Å². The van der Waals surface area contributed by atoms with Gasteiger partial charge in [0.25, 0.3) is 0 Å². The van der Waals surface area contributed by atoms with Crippen molar-refractivity contribution >= 4 is 11.8 Å². The first-order valence-corrected chi connectivity index (χ1v) is 8.27. The fourth-order valence-corrected chi connectivity index (χ4v) is 2.94. The van der Waals surface area contributed by atoms with Crippen molar-refractivity contribution in [2.75, 3.05) is 6.54 Å². The summed E-state index contributed by atoms with van der Waals surface area (Å²) in [7, 11) is 0. The average Bonchev–Trinajstić information content (AvgIpc) is 2.96. The number of benzene rings is 2. The number of hydrogen-bond acceptors (Lipinski definition) is 2. The predicted octanol–water partition coefficient (Wildman–Crippen LogP) is 2.66. The minimum Gasteiger partial charge on any atom is -0.352 e. The zero-order chi connectivity index (χ0) is 16.9. The van der Waals surface area contributed by atoms with Gasteiger partial charge < -0.3 is 10.2 Å². The lowest BCUT2D eigenvalue weighted by Gasteiger charge is -2.17. The van der Waals surface area contributed by atoms with E-state index in [9.17, 15) is 9.59 Å². The van der Waals surface area contributed by atoms with Crippen molar-refractivity contribution in [3.63, 3.8) is 0 Å². The molecule has 0 unspecified atom stereocenters. The highest BCUT2D eigenvalue weighted by Crippen LogP contribution is 2.20. The molecule has 0 radical (unpaired) electrons. The number of hydrogen-bond donors (Lipinski definition) is 1. The summed E-state index contributed by atoms with van der Waals surface area (Å²) in [5.74, 6) is -0.249. The molecule has 1 fully saturated rings. The fraction of sp³-hybridized carbons (Fsp3) is 0.300. The summed E-state index contributed by atoms with van der Waals surface area (Å²) in [4.78, 5) is 26.3. The second kappa shape index (κ2) is 7.30. The van der Waals surface area contributed by atoms with Crippen LogP contribution in [0.2, 0.25) is 0 Å². The smallest absolute Gasteiger partial charge is 0.225 e. The van der Waals surface area contributed by atoms with Crippen LogP contribution in [-0.2, 0) is 22.7 Å². The van der Waals surface area contributed by atoms with Crippen molar-refractivity contribution in [2.45, 2.75) is 26.4 Å². The lowest BCUT2D eigenvalue weighted by atomic mass is 10.1. The molecular formula is C20H22N2O2. The van der Waals surface area contributed by atoms with E-state index in [1.165, 1.54) is 5.56 Å². The van der Waals surface area contributed by atoms with Gasteiger partial charge in [-0.2, -0.15) is 0 Å². The van der Waals surface area contributed by atoms with Gasteiger partial charge in [0, 0.05) is 26.1 Å². The van der Waals surface area contributed by atoms with Gasteiger partial charge in [-0.1, -0.05) is 60.2 Å². The van der Waals surface area contributed by atoms with Crippen molar-refractivity contribution in [3.05, 3.63) is 71.3 Å². The molecule has 0 aromatic heterocycles. The number of amides is 2. The predicted molar refractivity (Wildman–Crippen MR) is 93.0 cm³/mol. The second-order valence-electron chi connectivity index (χ2n) is 6.36. The van der Waals surface area contributed by atoms with Gasteiger partial charge in [-0.3, -0.25) is 9.59 Å². The summed E-state index contributed by atoms with van der Waals surface area (Å²) in [5, 5.41) is 2.94. The first kappa shape index (κ1) is 16.2. The molecule has 1 aliphatic heterocycles. The summed E-state index contributed by atoms with van der Waals surface area (Å²) >= 11 is 0. The van der Waals surface area contributed by atoms with Gasteiger partial charge in [-0.05, 0) is 18.1 Å². The molecule has 124 valence electrons. The molecule has 0 spiro atoms. The van der Waals surface area contributed by atoms with Crippen molar-refractivity contribution in [3.8, 4) is 0 Å². The van der Waals surface area contributed by atoms with Gasteiger partial charge in [0.15, 0.2) is 0 Å². The number of carbonyl (C=O) groups excluding carboxylic acids is 2. The maximum absolute atomic E-state index is 12.3. The maximum Gasteiger partial charge on any atom is 0.225 e. The minimum atomic E-state index is -0.258. The van der Waals surface area contributed by atoms with E-state index in [4.69, 9.17) is 0 Å². The molecule has 0 aliphatic carbocycles. The number of nitrogens with one attached hydrogen (secondary N) is 1. The highest BCUT2D eigenvalue weighted by atomic mass is 16.2. The van der Waals surface area contributed by atoms with Crippen LogP contribution >= 0.6 is 0 Å². The minimum absolute atomic E-state index is 0.0430. The molecule has 2 amide bonds. The Morgan fingerprint density at radius 2 is 1.79 bits per heavy atom. The van der Waals surface area contributed by atoms with E-state index >= 15 is 0 Å². The molecule has 2 aromatic rings. The third-order valence-corrected chi connectivity index (χ3v) is 4.39. The average molecular weight is 322 g/mol. The molecule has 24 heavy (non-hydrogen) atoms. The quantitative estimate of drug-likeness (QED) is 0.920. The number of likely N-dealkylation sites (tertiary alicyclic amines) is 1. The molecule has 1 atom stereocenters. The summed E-state index contributed by atoms with van der Waals surface area (Å²) in [6.45, 7) is 3.61. The Hall–Kier alpha value is -2.62. The third-order valence-electron chi connectivity index (χ3n) is 4.39. The van der Waals surface area contributed by atoms with E-state index < -0.39 is 0 Å². The fourth-order valence-electron chi connectivity index (χ4n) is 2.94. The highest BCUT2D eigenvalue weighted by Gasteiger charge is 2.34. The largest absolute Gasteiger partial charge is 0.352 e. The van der Waals surface area contributed by atoms with Crippen LogP contribution in [0.25, 0.3) is 0 Å². The molecule has 4 nitrogen and oxygen atoms in total. The molecule has 1 N–H and O–H groups in total. The van der Waals surface area contributed by atoms with E-state index in [-0.39, 0.29) is 17.7 Å². The molecule has 1 heterocycles. The van der Waals surface area contributed by atoms with Crippen LogP contribution in [-0.4, -0.2) is 23.3 Å².